The molecule has 0 radical (unpaired) electrons. The van der Waals surface area contributed by atoms with E-state index in [0.29, 0.717) is 18.9 Å². The molecule has 4 heteroatoms. The summed E-state index contributed by atoms with van der Waals surface area (Å²) < 4.78 is 1.99. The standard InChI is InChI=1S/C15H21N3O/c1-2-18-14-6-4-3-5-12(14)13(17-18)9-15(19,10-16)11-7-8-11/h3-6,11,19H,2,7-10,16H2,1H3. The number of nitrogens with two attached hydrogens (primary N) is 1. The topological polar surface area (TPSA) is 64.1 Å². The van der Waals surface area contributed by atoms with Crippen LogP contribution >= 0.6 is 0 Å². The molecule has 3 N–H and O–H groups in total. The van der Waals surface area contributed by atoms with Crippen molar-refractivity contribution >= 4 is 10.9 Å². The number of aryl methyl sites for hydroxylation is 1. The Labute approximate surface area is 113 Å². The largest absolute Gasteiger partial charge is 0.388 e. The van der Waals surface area contributed by atoms with E-state index in [2.05, 4.69) is 24.2 Å². The maximum absolute atomic E-state index is 10.7. The van der Waals surface area contributed by atoms with Crippen LogP contribution in [0.2, 0.25) is 0 Å². The van der Waals surface area contributed by atoms with Crippen LogP contribution in [0.1, 0.15) is 25.5 Å². The molecule has 0 aliphatic heterocycles. The molecule has 1 aliphatic rings. The third kappa shape index (κ3) is 2.15. The van der Waals surface area contributed by atoms with Crippen LogP contribution in [0.15, 0.2) is 24.3 Å². The highest BCUT2D eigenvalue weighted by Crippen LogP contribution is 2.41. The minimum Gasteiger partial charge on any atom is -0.388 e. The summed E-state index contributed by atoms with van der Waals surface area (Å²) >= 11 is 0. The molecule has 0 saturated heterocycles. The van der Waals surface area contributed by atoms with Crippen molar-refractivity contribution in [2.75, 3.05) is 6.54 Å². The van der Waals surface area contributed by atoms with Crippen molar-refractivity contribution in [2.24, 2.45) is 11.7 Å². The van der Waals surface area contributed by atoms with E-state index in [1.54, 1.807) is 0 Å². The summed E-state index contributed by atoms with van der Waals surface area (Å²) in [7, 11) is 0. The maximum Gasteiger partial charge on any atom is 0.0853 e. The summed E-state index contributed by atoms with van der Waals surface area (Å²) in [6.45, 7) is 3.23. The smallest absolute Gasteiger partial charge is 0.0853 e. The molecule has 4 nitrogen and oxygen atoms in total. The van der Waals surface area contributed by atoms with Crippen LogP contribution in [-0.4, -0.2) is 27.0 Å². The van der Waals surface area contributed by atoms with Gasteiger partial charge in [0.25, 0.3) is 0 Å². The summed E-state index contributed by atoms with van der Waals surface area (Å²) in [6, 6.07) is 8.20. The van der Waals surface area contributed by atoms with Crippen molar-refractivity contribution in [1.82, 2.24) is 9.78 Å². The maximum atomic E-state index is 10.7. The van der Waals surface area contributed by atoms with E-state index in [9.17, 15) is 5.11 Å². The average Bonchev–Trinajstić information content (AvgIpc) is 3.24. The molecule has 1 unspecified atom stereocenters. The first-order chi connectivity index (χ1) is 9.18. The minimum atomic E-state index is -0.782. The van der Waals surface area contributed by atoms with Crippen molar-refractivity contribution in [3.8, 4) is 0 Å². The Balaban J connectivity index is 2.00. The fourth-order valence-corrected chi connectivity index (χ4v) is 2.86. The highest BCUT2D eigenvalue weighted by molar-refractivity contribution is 5.82. The number of aromatic nitrogens is 2. The van der Waals surface area contributed by atoms with Gasteiger partial charge in [-0.2, -0.15) is 5.10 Å². The molecule has 1 fully saturated rings. The van der Waals surface area contributed by atoms with Gasteiger partial charge < -0.3 is 10.8 Å². The summed E-state index contributed by atoms with van der Waals surface area (Å²) in [5.74, 6) is 0.350. The highest BCUT2D eigenvalue weighted by Gasteiger charge is 2.43. The lowest BCUT2D eigenvalue weighted by Crippen LogP contribution is -2.42. The van der Waals surface area contributed by atoms with Gasteiger partial charge in [-0.1, -0.05) is 18.2 Å². The van der Waals surface area contributed by atoms with Gasteiger partial charge in [0.15, 0.2) is 0 Å². The predicted molar refractivity (Wildman–Crippen MR) is 75.8 cm³/mol. The lowest BCUT2D eigenvalue weighted by atomic mass is 9.91. The van der Waals surface area contributed by atoms with Gasteiger partial charge in [0, 0.05) is 24.9 Å². The molecule has 0 amide bonds. The number of hydrogen-bond acceptors (Lipinski definition) is 3. The number of aliphatic hydroxyl groups is 1. The molecule has 3 rings (SSSR count). The Morgan fingerprint density at radius 2 is 2.16 bits per heavy atom. The summed E-state index contributed by atoms with van der Waals surface area (Å²) in [4.78, 5) is 0. The predicted octanol–water partition coefficient (Wildman–Crippen LogP) is 1.70. The van der Waals surface area contributed by atoms with Gasteiger partial charge >= 0.3 is 0 Å². The number of rotatable bonds is 5. The van der Waals surface area contributed by atoms with Crippen LogP contribution in [0.3, 0.4) is 0 Å². The van der Waals surface area contributed by atoms with Crippen molar-refractivity contribution in [3.63, 3.8) is 0 Å². The SMILES string of the molecule is CCn1nc(CC(O)(CN)C2CC2)c2ccccc21. The first kappa shape index (κ1) is 12.6. The van der Waals surface area contributed by atoms with Crippen LogP contribution in [0, 0.1) is 5.92 Å². The molecule has 1 saturated carbocycles. The second-order valence-electron chi connectivity index (χ2n) is 5.54. The zero-order valence-corrected chi connectivity index (χ0v) is 11.3. The average molecular weight is 259 g/mol. The van der Waals surface area contributed by atoms with Crippen LogP contribution in [-0.2, 0) is 13.0 Å². The molecule has 19 heavy (non-hydrogen) atoms. The monoisotopic (exact) mass is 259 g/mol. The summed E-state index contributed by atoms with van der Waals surface area (Å²) in [5, 5.41) is 16.5. The van der Waals surface area contributed by atoms with Crippen molar-refractivity contribution in [2.45, 2.75) is 38.3 Å². The fraction of sp³-hybridized carbons (Fsp3) is 0.533. The number of nitrogens with zero attached hydrogens (tertiary/aromatic N) is 2. The minimum absolute atomic E-state index is 0.310. The Hall–Kier alpha value is -1.39. The lowest BCUT2D eigenvalue weighted by Gasteiger charge is -2.25. The first-order valence-corrected chi connectivity index (χ1v) is 7.05. The number of fused-ring (bicyclic) bond motifs is 1. The van der Waals surface area contributed by atoms with E-state index in [1.807, 2.05) is 16.8 Å². The van der Waals surface area contributed by atoms with Gasteiger partial charge in [-0.05, 0) is 31.7 Å². The Morgan fingerprint density at radius 3 is 2.79 bits per heavy atom. The second kappa shape index (κ2) is 4.62. The molecule has 1 atom stereocenters. The molecular weight excluding hydrogens is 238 g/mol. The van der Waals surface area contributed by atoms with Crippen molar-refractivity contribution in [1.29, 1.82) is 0 Å². The molecule has 0 bridgehead atoms. The first-order valence-electron chi connectivity index (χ1n) is 7.05. The van der Waals surface area contributed by atoms with Crippen LogP contribution in [0.5, 0.6) is 0 Å². The van der Waals surface area contributed by atoms with Gasteiger partial charge in [-0.3, -0.25) is 4.68 Å². The van der Waals surface area contributed by atoms with Crippen molar-refractivity contribution in [3.05, 3.63) is 30.0 Å². The second-order valence-corrected chi connectivity index (χ2v) is 5.54. The number of hydrogen-bond donors (Lipinski definition) is 2. The van der Waals surface area contributed by atoms with Gasteiger partial charge in [0.05, 0.1) is 16.8 Å². The Bertz CT molecular complexity index is 588. The van der Waals surface area contributed by atoms with Gasteiger partial charge in [0.2, 0.25) is 0 Å². The molecule has 2 aromatic rings. The normalized spacial score (nSPS) is 18.7. The van der Waals surface area contributed by atoms with Gasteiger partial charge in [-0.15, -0.1) is 0 Å². The van der Waals surface area contributed by atoms with Crippen LogP contribution < -0.4 is 5.73 Å². The van der Waals surface area contributed by atoms with E-state index in [-0.39, 0.29) is 0 Å². The lowest BCUT2D eigenvalue weighted by molar-refractivity contribution is 0.0259. The molecule has 0 spiro atoms. The highest BCUT2D eigenvalue weighted by atomic mass is 16.3. The summed E-state index contributed by atoms with van der Waals surface area (Å²) in [5.41, 5.74) is 7.12. The molecule has 1 aliphatic carbocycles. The zero-order chi connectivity index (χ0) is 13.5. The van der Waals surface area contributed by atoms with E-state index >= 15 is 0 Å². The molecule has 1 aromatic heterocycles. The number of para-hydroxylation sites is 1. The van der Waals surface area contributed by atoms with E-state index in [1.165, 1.54) is 0 Å². The molecular formula is C15H21N3O. The number of benzene rings is 1. The Kier molecular flexibility index (Phi) is 3.07. The van der Waals surface area contributed by atoms with E-state index in [0.717, 1.165) is 36.0 Å². The van der Waals surface area contributed by atoms with Crippen LogP contribution in [0.25, 0.3) is 10.9 Å². The van der Waals surface area contributed by atoms with Crippen molar-refractivity contribution < 1.29 is 5.11 Å². The third-order valence-electron chi connectivity index (χ3n) is 4.20. The van der Waals surface area contributed by atoms with Gasteiger partial charge in [-0.25, -0.2) is 0 Å². The summed E-state index contributed by atoms with van der Waals surface area (Å²) in [6.07, 6.45) is 2.72. The Morgan fingerprint density at radius 1 is 1.42 bits per heavy atom. The quantitative estimate of drug-likeness (QED) is 0.859. The molecule has 1 aromatic carbocycles. The van der Waals surface area contributed by atoms with E-state index in [4.69, 9.17) is 5.73 Å². The van der Waals surface area contributed by atoms with Gasteiger partial charge in [0.1, 0.15) is 0 Å². The van der Waals surface area contributed by atoms with E-state index < -0.39 is 5.60 Å². The molecule has 102 valence electrons. The molecule has 1 heterocycles. The third-order valence-corrected chi connectivity index (χ3v) is 4.20. The fourth-order valence-electron chi connectivity index (χ4n) is 2.86. The zero-order valence-electron chi connectivity index (χ0n) is 11.3. The van der Waals surface area contributed by atoms with Crippen LogP contribution in [0.4, 0.5) is 0 Å².